The van der Waals surface area contributed by atoms with Crippen molar-refractivity contribution in [2.45, 2.75) is 30.6 Å². The molecule has 10 nitrogen and oxygen atoms in total. The van der Waals surface area contributed by atoms with Gasteiger partial charge in [0.25, 0.3) is 20.0 Å². The highest BCUT2D eigenvalue weighted by molar-refractivity contribution is 7.89. The molecule has 51 heavy (non-hydrogen) atoms. The Kier molecular flexibility index (Phi) is 9.32. The number of allylic oxidation sites excluding steroid dienone is 2. The summed E-state index contributed by atoms with van der Waals surface area (Å²) in [5.41, 5.74) is 1.52. The molecule has 12 heteroatoms. The molecule has 7 rings (SSSR count). The Morgan fingerprint density at radius 3 is 1.45 bits per heavy atom. The second-order valence-corrected chi connectivity index (χ2v) is 15.5. The van der Waals surface area contributed by atoms with Gasteiger partial charge in [-0.15, -0.1) is 0 Å². The molecule has 0 saturated heterocycles. The van der Waals surface area contributed by atoms with Gasteiger partial charge in [0, 0.05) is 35.3 Å². The van der Waals surface area contributed by atoms with Crippen molar-refractivity contribution in [1.82, 2.24) is 8.61 Å². The van der Waals surface area contributed by atoms with Gasteiger partial charge in [0.2, 0.25) is 11.6 Å². The molecule has 0 aliphatic carbocycles. The van der Waals surface area contributed by atoms with E-state index in [2.05, 4.69) is 0 Å². The Labute approximate surface area is 296 Å². The van der Waals surface area contributed by atoms with Crippen LogP contribution in [0.1, 0.15) is 51.3 Å². The number of aliphatic hydroxyl groups is 2. The van der Waals surface area contributed by atoms with Crippen molar-refractivity contribution >= 4 is 53.9 Å². The number of hydrogen-bond donors (Lipinski definition) is 2. The number of fused-ring (bicyclic) bond motifs is 3. The molecule has 5 aromatic rings. The maximum atomic E-state index is 13.0. The smallest absolute Gasteiger partial charge is 0.265 e. The van der Waals surface area contributed by atoms with Crippen LogP contribution in [0.3, 0.4) is 0 Å². The largest absolute Gasteiger partial charge is 0.505 e. The van der Waals surface area contributed by atoms with E-state index in [-0.39, 0.29) is 56.9 Å². The van der Waals surface area contributed by atoms with E-state index in [1.165, 1.54) is 24.3 Å². The van der Waals surface area contributed by atoms with Gasteiger partial charge < -0.3 is 10.2 Å². The maximum absolute atomic E-state index is 13.0. The molecule has 0 unspecified atom stereocenters. The van der Waals surface area contributed by atoms with E-state index < -0.39 is 31.6 Å². The van der Waals surface area contributed by atoms with Gasteiger partial charge in [-0.3, -0.25) is 18.2 Å². The van der Waals surface area contributed by atoms with Gasteiger partial charge in [-0.05, 0) is 61.9 Å². The van der Waals surface area contributed by atoms with Crippen molar-refractivity contribution in [1.29, 1.82) is 0 Å². The fraction of sp³-hybridized carbons (Fsp3) is 0.128. The lowest BCUT2D eigenvalue weighted by Gasteiger charge is -2.30. The Morgan fingerprint density at radius 1 is 0.549 bits per heavy atom. The van der Waals surface area contributed by atoms with Crippen LogP contribution in [0, 0.1) is 6.92 Å². The van der Waals surface area contributed by atoms with Crippen molar-refractivity contribution in [2.24, 2.45) is 0 Å². The number of Topliss-reactive ketones (excluding diaryl/α,β-unsaturated/α-hetero) is 2. The average Bonchev–Trinajstić information content (AvgIpc) is 3.14. The first-order valence-corrected chi connectivity index (χ1v) is 19.0. The summed E-state index contributed by atoms with van der Waals surface area (Å²) >= 11 is 0. The van der Waals surface area contributed by atoms with Crippen LogP contribution in [0.2, 0.25) is 0 Å². The number of benzene rings is 5. The van der Waals surface area contributed by atoms with E-state index in [0.717, 1.165) is 24.9 Å². The quantitative estimate of drug-likeness (QED) is 0.147. The van der Waals surface area contributed by atoms with E-state index in [1.807, 2.05) is 37.3 Å². The molecule has 0 aromatic heterocycles. The number of sulfonamides is 2. The molecule has 260 valence electrons. The van der Waals surface area contributed by atoms with Crippen molar-refractivity contribution in [2.75, 3.05) is 13.1 Å². The predicted molar refractivity (Wildman–Crippen MR) is 195 cm³/mol. The van der Waals surface area contributed by atoms with Crippen molar-refractivity contribution in [3.8, 4) is 0 Å². The molecular formula is C39H34N2O8S2. The van der Waals surface area contributed by atoms with Crippen molar-refractivity contribution in [3.63, 3.8) is 0 Å². The van der Waals surface area contributed by atoms with Gasteiger partial charge >= 0.3 is 0 Å². The van der Waals surface area contributed by atoms with Crippen LogP contribution in [-0.4, -0.2) is 60.3 Å². The Morgan fingerprint density at radius 2 is 0.961 bits per heavy atom. The molecule has 0 fully saturated rings. The molecule has 2 aliphatic rings. The third-order valence-corrected chi connectivity index (χ3v) is 12.6. The minimum absolute atomic E-state index is 0.0303. The number of carbonyl (C=O) groups excluding carboxylic acids is 2. The number of ketones is 2. The lowest BCUT2D eigenvalue weighted by molar-refractivity contribution is 0.0992. The van der Waals surface area contributed by atoms with E-state index >= 15 is 0 Å². The van der Waals surface area contributed by atoms with Crippen LogP contribution in [0.25, 0.3) is 22.3 Å². The monoisotopic (exact) mass is 722 g/mol. The summed E-state index contributed by atoms with van der Waals surface area (Å²) in [5.74, 6) is -1.68. The molecule has 2 heterocycles. The fourth-order valence-electron chi connectivity index (χ4n) is 6.15. The van der Waals surface area contributed by atoms with Crippen molar-refractivity contribution < 1.29 is 36.6 Å². The second-order valence-electron chi connectivity index (χ2n) is 11.8. The first kappa shape index (κ1) is 35.1. The summed E-state index contributed by atoms with van der Waals surface area (Å²) in [6, 6.07) is 31.9. The SMILES string of the molecule is CCN1C(=C(O)c2ccc(C)cc2)C(=O)c2ccccc2S1(=O)=O.CCN1C(=C(O)c2ccc3ccccc3c2)C(=O)c2ccccc2S1(=O)=O. The van der Waals surface area contributed by atoms with Crippen molar-refractivity contribution in [3.05, 3.63) is 154 Å². The van der Waals surface area contributed by atoms with Crippen LogP contribution in [0.15, 0.2) is 136 Å². The summed E-state index contributed by atoms with van der Waals surface area (Å²) in [5, 5.41) is 23.4. The van der Waals surface area contributed by atoms with Crippen LogP contribution >= 0.6 is 0 Å². The Hall–Kier alpha value is -5.72. The normalized spacial score (nSPS) is 17.9. The van der Waals surface area contributed by atoms with Crippen LogP contribution in [0.5, 0.6) is 0 Å². The lowest BCUT2D eigenvalue weighted by atomic mass is 10.0. The number of rotatable bonds is 4. The third-order valence-electron chi connectivity index (χ3n) is 8.70. The molecule has 0 atom stereocenters. The van der Waals surface area contributed by atoms with Gasteiger partial charge in [0.1, 0.15) is 11.4 Å². The number of carbonyl (C=O) groups is 2. The third kappa shape index (κ3) is 6.06. The number of aryl methyl sites for hydroxylation is 1. The number of hydrogen-bond acceptors (Lipinski definition) is 8. The van der Waals surface area contributed by atoms with Gasteiger partial charge in [-0.1, -0.05) is 90.5 Å². The molecule has 5 aromatic carbocycles. The highest BCUT2D eigenvalue weighted by Crippen LogP contribution is 2.37. The average molecular weight is 723 g/mol. The summed E-state index contributed by atoms with van der Waals surface area (Å²) in [4.78, 5) is 25.8. The first-order valence-electron chi connectivity index (χ1n) is 16.1. The Bertz CT molecular complexity index is 2500. The molecule has 0 amide bonds. The number of nitrogens with zero attached hydrogens (tertiary/aromatic N) is 2. The summed E-state index contributed by atoms with van der Waals surface area (Å²) < 4.78 is 53.5. The van der Waals surface area contributed by atoms with Gasteiger partial charge in [0.15, 0.2) is 11.5 Å². The molecule has 2 aliphatic heterocycles. The van der Waals surface area contributed by atoms with Gasteiger partial charge in [0.05, 0.1) is 9.79 Å². The van der Waals surface area contributed by atoms with Crippen LogP contribution in [0.4, 0.5) is 0 Å². The first-order chi connectivity index (χ1) is 24.3. The minimum Gasteiger partial charge on any atom is -0.505 e. The van der Waals surface area contributed by atoms with Crippen LogP contribution in [-0.2, 0) is 20.0 Å². The van der Waals surface area contributed by atoms with E-state index in [9.17, 15) is 36.6 Å². The van der Waals surface area contributed by atoms with E-state index in [1.54, 1.807) is 74.5 Å². The molecule has 0 spiro atoms. The molecule has 0 saturated carbocycles. The Balaban J connectivity index is 0.000000177. The standard InChI is InChI=1S/C21H17NO4S.C18H17NO4S/c1-2-22-19(21(24)17-9-5-6-10-18(17)27(22,25)26)20(23)16-12-11-14-7-3-4-8-15(14)13-16;1-3-19-16(17(20)13-10-8-12(2)9-11-13)18(21)14-6-4-5-7-15(14)24(19,22)23/h3-13,23H,2H2,1H3;4-11,20H,3H2,1-2H3. The fourth-order valence-corrected chi connectivity index (χ4v) is 9.50. The molecular weight excluding hydrogens is 689 g/mol. The lowest BCUT2D eigenvalue weighted by Crippen LogP contribution is -2.39. The van der Waals surface area contributed by atoms with Crippen LogP contribution < -0.4 is 0 Å². The van der Waals surface area contributed by atoms with E-state index in [0.29, 0.717) is 11.1 Å². The zero-order valence-corrected chi connectivity index (χ0v) is 29.6. The minimum atomic E-state index is -3.92. The topological polar surface area (TPSA) is 149 Å². The van der Waals surface area contributed by atoms with E-state index in [4.69, 9.17) is 0 Å². The summed E-state index contributed by atoms with van der Waals surface area (Å²) in [6.45, 7) is 5.25. The zero-order valence-electron chi connectivity index (χ0n) is 27.9. The summed E-state index contributed by atoms with van der Waals surface area (Å²) in [7, 11) is -7.80. The van der Waals surface area contributed by atoms with Gasteiger partial charge in [-0.2, -0.15) is 0 Å². The predicted octanol–water partition coefficient (Wildman–Crippen LogP) is 7.10. The molecule has 0 radical (unpaired) electrons. The molecule has 2 N–H and O–H groups in total. The second kappa shape index (κ2) is 13.5. The number of aliphatic hydroxyl groups excluding tert-OH is 2. The maximum Gasteiger partial charge on any atom is 0.265 e. The highest BCUT2D eigenvalue weighted by atomic mass is 32.2. The number of likely N-dealkylation sites (N-methyl/N-ethyl adjacent to an activating group) is 2. The molecule has 0 bridgehead atoms. The summed E-state index contributed by atoms with van der Waals surface area (Å²) in [6.07, 6.45) is 0. The highest BCUT2D eigenvalue weighted by Gasteiger charge is 2.42. The van der Waals surface area contributed by atoms with Gasteiger partial charge in [-0.25, -0.2) is 16.8 Å². The zero-order chi connectivity index (χ0) is 36.7.